The molecule has 20 heavy (non-hydrogen) atoms. The van der Waals surface area contributed by atoms with E-state index in [1.165, 1.54) is 4.31 Å². The second kappa shape index (κ2) is 6.41. The lowest BCUT2D eigenvalue weighted by molar-refractivity contribution is 0.00449. The Morgan fingerprint density at radius 1 is 1.40 bits per heavy atom. The number of halogens is 2. The minimum absolute atomic E-state index is 0.244. The van der Waals surface area contributed by atoms with Crippen molar-refractivity contribution in [1.82, 2.24) is 4.31 Å². The fourth-order valence-corrected chi connectivity index (χ4v) is 5.11. The van der Waals surface area contributed by atoms with Crippen molar-refractivity contribution in [3.8, 4) is 0 Å². The van der Waals surface area contributed by atoms with Gasteiger partial charge in [0.15, 0.2) is 0 Å². The average molecular weight is 428 g/mol. The van der Waals surface area contributed by atoms with Crippen molar-refractivity contribution in [1.29, 1.82) is 0 Å². The van der Waals surface area contributed by atoms with Crippen LogP contribution in [-0.2, 0) is 14.8 Å². The molecule has 5 nitrogen and oxygen atoms in total. The first-order chi connectivity index (χ1) is 9.36. The van der Waals surface area contributed by atoms with Crippen LogP contribution < -0.4 is 5.73 Å². The second-order valence-corrected chi connectivity index (χ2v) is 8.24. The van der Waals surface area contributed by atoms with Gasteiger partial charge in [0.1, 0.15) is 0 Å². The van der Waals surface area contributed by atoms with Crippen LogP contribution in [0.4, 0.5) is 0 Å². The highest BCUT2D eigenvalue weighted by molar-refractivity contribution is 9.11. The molecule has 2 N–H and O–H groups in total. The molecule has 1 atom stereocenters. The summed E-state index contributed by atoms with van der Waals surface area (Å²) in [6, 6.07) is 3.42. The summed E-state index contributed by atoms with van der Waals surface area (Å²) in [4.78, 5) is 0.257. The summed E-state index contributed by atoms with van der Waals surface area (Å²) >= 11 is 6.71. The molecule has 1 aromatic carbocycles. The number of hydrogen-bond acceptors (Lipinski definition) is 4. The first kappa shape index (κ1) is 16.4. The molecule has 0 aromatic heterocycles. The van der Waals surface area contributed by atoms with Gasteiger partial charge in [-0.2, -0.15) is 4.31 Å². The highest BCUT2D eigenvalue weighted by Gasteiger charge is 2.31. The van der Waals surface area contributed by atoms with Crippen LogP contribution in [0.2, 0.25) is 0 Å². The largest absolute Gasteiger partial charge is 0.374 e. The Hall–Kier alpha value is 0.01000. The van der Waals surface area contributed by atoms with Gasteiger partial charge >= 0.3 is 0 Å². The first-order valence-electron chi connectivity index (χ1n) is 6.13. The molecule has 0 bridgehead atoms. The quantitative estimate of drug-likeness (QED) is 0.799. The normalized spacial score (nSPS) is 21.1. The topological polar surface area (TPSA) is 72.6 Å². The molecule has 2 rings (SSSR count). The van der Waals surface area contributed by atoms with Crippen LogP contribution in [0.1, 0.15) is 5.56 Å². The van der Waals surface area contributed by atoms with Gasteiger partial charge in [0, 0.05) is 28.6 Å². The van der Waals surface area contributed by atoms with E-state index in [1.807, 2.05) is 6.92 Å². The van der Waals surface area contributed by atoms with Crippen LogP contribution in [0.25, 0.3) is 0 Å². The van der Waals surface area contributed by atoms with Crippen molar-refractivity contribution < 1.29 is 13.2 Å². The van der Waals surface area contributed by atoms with Crippen molar-refractivity contribution in [2.45, 2.75) is 17.9 Å². The van der Waals surface area contributed by atoms with E-state index in [4.69, 9.17) is 10.5 Å². The Kier molecular flexibility index (Phi) is 5.25. The number of ether oxygens (including phenoxy) is 1. The smallest absolute Gasteiger partial charge is 0.244 e. The second-order valence-electron chi connectivity index (χ2n) is 4.62. The van der Waals surface area contributed by atoms with E-state index in [0.29, 0.717) is 24.2 Å². The number of aryl methyl sites for hydroxylation is 1. The Balaban J connectivity index is 2.37. The zero-order valence-corrected chi connectivity index (χ0v) is 15.0. The summed E-state index contributed by atoms with van der Waals surface area (Å²) in [5.74, 6) is 0. The standard InChI is InChI=1S/C12H16Br2N2O3S/c1-8-4-11(14)12(5-10(8)13)20(17,18)16-2-3-19-9(6-15)7-16/h4-5,9H,2-3,6-7,15H2,1H3. The number of hydrogen-bond donors (Lipinski definition) is 1. The van der Waals surface area contributed by atoms with E-state index in [1.54, 1.807) is 12.1 Å². The minimum Gasteiger partial charge on any atom is -0.374 e. The molecule has 0 radical (unpaired) electrons. The molecule has 1 aromatic rings. The van der Waals surface area contributed by atoms with E-state index in [0.717, 1.165) is 10.0 Å². The maximum atomic E-state index is 12.7. The molecule has 1 heterocycles. The molecule has 0 saturated carbocycles. The predicted octanol–water partition coefficient (Wildman–Crippen LogP) is 1.87. The highest BCUT2D eigenvalue weighted by Crippen LogP contribution is 2.31. The number of nitrogens with zero attached hydrogens (tertiary/aromatic N) is 1. The Morgan fingerprint density at radius 3 is 2.75 bits per heavy atom. The van der Waals surface area contributed by atoms with Gasteiger partial charge in [0.25, 0.3) is 0 Å². The average Bonchev–Trinajstić information content (AvgIpc) is 2.42. The summed E-state index contributed by atoms with van der Waals surface area (Å²) in [5, 5.41) is 0. The zero-order chi connectivity index (χ0) is 14.9. The van der Waals surface area contributed by atoms with Gasteiger partial charge < -0.3 is 10.5 Å². The van der Waals surface area contributed by atoms with Crippen LogP contribution in [0.3, 0.4) is 0 Å². The van der Waals surface area contributed by atoms with Gasteiger partial charge in [0.2, 0.25) is 10.0 Å². The maximum absolute atomic E-state index is 12.7. The third kappa shape index (κ3) is 3.26. The Labute approximate surface area is 135 Å². The summed E-state index contributed by atoms with van der Waals surface area (Å²) in [6.07, 6.45) is -0.244. The number of morpholine rings is 1. The molecule has 1 aliphatic rings. The third-order valence-corrected chi connectivity index (χ3v) is 6.87. The van der Waals surface area contributed by atoms with Gasteiger partial charge in [-0.05, 0) is 40.5 Å². The number of nitrogens with two attached hydrogens (primary N) is 1. The van der Waals surface area contributed by atoms with Crippen LogP contribution in [0.5, 0.6) is 0 Å². The van der Waals surface area contributed by atoms with Crippen molar-refractivity contribution in [3.05, 3.63) is 26.6 Å². The molecule has 0 spiro atoms. The van der Waals surface area contributed by atoms with Crippen LogP contribution in [0, 0.1) is 6.92 Å². The van der Waals surface area contributed by atoms with Crippen molar-refractivity contribution >= 4 is 41.9 Å². The molecule has 0 aliphatic carbocycles. The summed E-state index contributed by atoms with van der Waals surface area (Å²) in [5.41, 5.74) is 6.53. The molecule has 1 saturated heterocycles. The van der Waals surface area contributed by atoms with Crippen LogP contribution >= 0.6 is 31.9 Å². The molecular formula is C12H16Br2N2O3S. The molecule has 1 fully saturated rings. The number of rotatable bonds is 3. The van der Waals surface area contributed by atoms with Crippen molar-refractivity contribution in [3.63, 3.8) is 0 Å². The van der Waals surface area contributed by atoms with E-state index in [-0.39, 0.29) is 17.5 Å². The predicted molar refractivity (Wildman–Crippen MR) is 84.1 cm³/mol. The molecular weight excluding hydrogens is 412 g/mol. The Bertz CT molecular complexity index is 607. The molecule has 1 aliphatic heterocycles. The lowest BCUT2D eigenvalue weighted by Crippen LogP contribution is -2.48. The Morgan fingerprint density at radius 2 is 2.10 bits per heavy atom. The molecule has 0 amide bonds. The fraction of sp³-hybridized carbons (Fsp3) is 0.500. The van der Waals surface area contributed by atoms with E-state index in [9.17, 15) is 8.42 Å². The van der Waals surface area contributed by atoms with Gasteiger partial charge in [-0.15, -0.1) is 0 Å². The highest BCUT2D eigenvalue weighted by atomic mass is 79.9. The lowest BCUT2D eigenvalue weighted by Gasteiger charge is -2.31. The lowest BCUT2D eigenvalue weighted by atomic mass is 10.2. The van der Waals surface area contributed by atoms with E-state index < -0.39 is 10.0 Å². The number of benzene rings is 1. The SMILES string of the molecule is Cc1cc(Br)c(S(=O)(=O)N2CCOC(CN)C2)cc1Br. The third-order valence-electron chi connectivity index (χ3n) is 3.20. The van der Waals surface area contributed by atoms with Gasteiger partial charge in [0.05, 0.1) is 17.6 Å². The monoisotopic (exact) mass is 426 g/mol. The van der Waals surface area contributed by atoms with Gasteiger partial charge in [-0.1, -0.05) is 15.9 Å². The van der Waals surface area contributed by atoms with Crippen LogP contribution in [-0.4, -0.2) is 45.1 Å². The van der Waals surface area contributed by atoms with E-state index in [2.05, 4.69) is 31.9 Å². The molecule has 1 unspecified atom stereocenters. The van der Waals surface area contributed by atoms with Gasteiger partial charge in [-0.3, -0.25) is 0 Å². The van der Waals surface area contributed by atoms with Gasteiger partial charge in [-0.25, -0.2) is 8.42 Å². The van der Waals surface area contributed by atoms with E-state index >= 15 is 0 Å². The molecule has 112 valence electrons. The maximum Gasteiger partial charge on any atom is 0.244 e. The van der Waals surface area contributed by atoms with Crippen LogP contribution in [0.15, 0.2) is 26.0 Å². The molecule has 8 heteroatoms. The fourth-order valence-electron chi connectivity index (χ4n) is 2.02. The van der Waals surface area contributed by atoms with Crippen molar-refractivity contribution in [2.75, 3.05) is 26.2 Å². The minimum atomic E-state index is -3.55. The first-order valence-corrected chi connectivity index (χ1v) is 9.16. The summed E-state index contributed by atoms with van der Waals surface area (Å²) in [6.45, 7) is 3.22. The van der Waals surface area contributed by atoms with Crippen molar-refractivity contribution in [2.24, 2.45) is 5.73 Å². The zero-order valence-electron chi connectivity index (χ0n) is 11.0. The summed E-state index contributed by atoms with van der Waals surface area (Å²) in [7, 11) is -3.55. The summed E-state index contributed by atoms with van der Waals surface area (Å²) < 4.78 is 33.6. The number of sulfonamides is 1.